The molecule has 2 aromatic carbocycles. The highest BCUT2D eigenvalue weighted by atomic mass is 35.5. The third-order valence-electron chi connectivity index (χ3n) is 5.17. The van der Waals surface area contributed by atoms with E-state index in [0.717, 1.165) is 16.7 Å². The number of benzene rings is 2. The predicted octanol–water partition coefficient (Wildman–Crippen LogP) is 5.77. The van der Waals surface area contributed by atoms with Gasteiger partial charge in [0, 0.05) is 16.1 Å². The van der Waals surface area contributed by atoms with Gasteiger partial charge in [-0.25, -0.2) is 4.79 Å². The smallest absolute Gasteiger partial charge is 0.323 e. The maximum atomic E-state index is 12.9. The van der Waals surface area contributed by atoms with Crippen LogP contribution in [0.3, 0.4) is 0 Å². The minimum atomic E-state index is -0.602. The molecule has 3 N–H and O–H groups in total. The molecular weight excluding hydrogens is 436 g/mol. The van der Waals surface area contributed by atoms with Gasteiger partial charge in [-0.2, -0.15) is 0 Å². The van der Waals surface area contributed by atoms with Crippen LogP contribution < -0.4 is 11.0 Å². The summed E-state index contributed by atoms with van der Waals surface area (Å²) in [6.07, 6.45) is 6.46. The lowest BCUT2D eigenvalue weighted by Crippen LogP contribution is -2.25. The fourth-order valence-electron chi connectivity index (χ4n) is 3.64. The number of anilines is 1. The number of aromatic nitrogens is 2. The van der Waals surface area contributed by atoms with Crippen LogP contribution in [0.15, 0.2) is 83.1 Å². The molecule has 1 amide bonds. The van der Waals surface area contributed by atoms with E-state index in [1.54, 1.807) is 30.4 Å². The molecule has 33 heavy (non-hydrogen) atoms. The van der Waals surface area contributed by atoms with Crippen molar-refractivity contribution in [3.8, 4) is 0 Å². The van der Waals surface area contributed by atoms with Gasteiger partial charge in [0.15, 0.2) is 0 Å². The summed E-state index contributed by atoms with van der Waals surface area (Å²) < 4.78 is 0. The summed E-state index contributed by atoms with van der Waals surface area (Å²) in [4.78, 5) is 35.0. The van der Waals surface area contributed by atoms with Crippen molar-refractivity contribution in [1.82, 2.24) is 9.97 Å². The number of H-pyrrole nitrogens is 2. The number of nitrogens with one attached hydrogen (secondary N) is 3. The van der Waals surface area contributed by atoms with Crippen molar-refractivity contribution in [2.75, 3.05) is 5.32 Å². The topological polar surface area (TPSA) is 90.1 Å². The first-order chi connectivity index (χ1) is 16.0. The zero-order valence-electron chi connectivity index (χ0n) is 18.7. The Morgan fingerprint density at radius 1 is 1.09 bits per heavy atom. The second-order valence-electron chi connectivity index (χ2n) is 7.23. The summed E-state index contributed by atoms with van der Waals surface area (Å²) in [6, 6.07) is 10.2. The number of carbonyl (C=O) groups excluding carboxylic acids is 1. The number of hydrogen-bond acceptors (Lipinski definition) is 3. The molecule has 0 saturated heterocycles. The number of allylic oxidation sites excluding steroid dienone is 4. The Morgan fingerprint density at radius 3 is 2.58 bits per heavy atom. The quantitative estimate of drug-likeness (QED) is 0.406. The summed E-state index contributed by atoms with van der Waals surface area (Å²) in [6.45, 7) is 11.5. The average Bonchev–Trinajstić information content (AvgIpc) is 3.13. The summed E-state index contributed by atoms with van der Waals surface area (Å²) >= 11 is 6.26. The van der Waals surface area contributed by atoms with Gasteiger partial charge in [-0.3, -0.25) is 9.79 Å². The molecule has 0 radical (unpaired) electrons. The first-order valence-electron chi connectivity index (χ1n) is 10.8. The minimum absolute atomic E-state index is 0.184. The Morgan fingerprint density at radius 2 is 1.85 bits per heavy atom. The number of aromatic amines is 2. The van der Waals surface area contributed by atoms with Crippen LogP contribution in [0.4, 0.5) is 5.69 Å². The molecule has 4 rings (SSSR count). The number of hydrogen-bond donors (Lipinski definition) is 3. The average molecular weight is 463 g/mol. The molecule has 6 nitrogen and oxygen atoms in total. The maximum absolute atomic E-state index is 12.9. The fraction of sp³-hybridized carbons (Fsp3) is 0.192. The van der Waals surface area contributed by atoms with Crippen LogP contribution >= 0.6 is 11.6 Å². The van der Waals surface area contributed by atoms with Crippen molar-refractivity contribution >= 4 is 39.9 Å². The molecule has 2 heterocycles. The van der Waals surface area contributed by atoms with Gasteiger partial charge in [0.2, 0.25) is 5.91 Å². The standard InChI is InChI=1S/C24H21ClN4O2.C2H6/c1-3-5-14(4-2)6-9-20-23(30)27-18-11-8-16(25)13-17(18)22(26-20)15-7-10-19-21(12-15)29-24(31)28-19;1-2/h3-5,7-8,10-13,20H,1-2,6,9H2,(H,27,30)(H2,28,29,31);1-2H3/b14-5+;. The zero-order valence-corrected chi connectivity index (χ0v) is 19.5. The van der Waals surface area contributed by atoms with Crippen molar-refractivity contribution in [1.29, 1.82) is 0 Å². The molecule has 1 aliphatic rings. The largest absolute Gasteiger partial charge is 0.324 e. The molecule has 1 aromatic heterocycles. The van der Waals surface area contributed by atoms with Gasteiger partial charge in [-0.1, -0.05) is 62.9 Å². The van der Waals surface area contributed by atoms with E-state index in [2.05, 4.69) is 28.4 Å². The van der Waals surface area contributed by atoms with Crippen LogP contribution in [0.1, 0.15) is 37.8 Å². The second kappa shape index (κ2) is 10.8. The third kappa shape index (κ3) is 5.41. The number of imidazole rings is 1. The van der Waals surface area contributed by atoms with Gasteiger partial charge in [0.25, 0.3) is 0 Å². The molecule has 0 bridgehead atoms. The molecule has 1 unspecified atom stereocenters. The Bertz CT molecular complexity index is 1310. The molecule has 3 aromatic rings. The lowest BCUT2D eigenvalue weighted by Gasteiger charge is -2.11. The number of amides is 1. The van der Waals surface area contributed by atoms with Gasteiger partial charge >= 0.3 is 5.69 Å². The van der Waals surface area contributed by atoms with Crippen molar-refractivity contribution in [3.05, 3.63) is 100.0 Å². The predicted molar refractivity (Wildman–Crippen MR) is 137 cm³/mol. The van der Waals surface area contributed by atoms with E-state index >= 15 is 0 Å². The molecule has 170 valence electrons. The van der Waals surface area contributed by atoms with E-state index in [1.807, 2.05) is 38.1 Å². The van der Waals surface area contributed by atoms with Gasteiger partial charge in [0.1, 0.15) is 6.04 Å². The first-order valence-corrected chi connectivity index (χ1v) is 11.2. The lowest BCUT2D eigenvalue weighted by molar-refractivity contribution is -0.117. The summed E-state index contributed by atoms with van der Waals surface area (Å²) in [5.41, 5.74) is 4.85. The van der Waals surface area contributed by atoms with Gasteiger partial charge < -0.3 is 15.3 Å². The van der Waals surface area contributed by atoms with E-state index in [9.17, 15) is 9.59 Å². The maximum Gasteiger partial charge on any atom is 0.323 e. The van der Waals surface area contributed by atoms with E-state index in [4.69, 9.17) is 16.6 Å². The van der Waals surface area contributed by atoms with Crippen LogP contribution in [0, 0.1) is 0 Å². The van der Waals surface area contributed by atoms with Crippen LogP contribution in [0.2, 0.25) is 5.02 Å². The monoisotopic (exact) mass is 462 g/mol. The number of fused-ring (bicyclic) bond motifs is 2. The van der Waals surface area contributed by atoms with Crippen molar-refractivity contribution in [2.45, 2.75) is 32.7 Å². The number of carbonyl (C=O) groups is 1. The van der Waals surface area contributed by atoms with E-state index in [1.165, 1.54) is 0 Å². The third-order valence-corrected chi connectivity index (χ3v) is 5.41. The zero-order chi connectivity index (χ0) is 24.0. The summed E-state index contributed by atoms with van der Waals surface area (Å²) in [7, 11) is 0. The van der Waals surface area contributed by atoms with Gasteiger partial charge in [0.05, 0.1) is 22.4 Å². The van der Waals surface area contributed by atoms with Crippen molar-refractivity contribution in [3.63, 3.8) is 0 Å². The van der Waals surface area contributed by atoms with E-state index in [-0.39, 0.29) is 11.6 Å². The molecule has 0 saturated carbocycles. The summed E-state index contributed by atoms with van der Waals surface area (Å²) in [5.74, 6) is -0.184. The minimum Gasteiger partial charge on any atom is -0.324 e. The highest BCUT2D eigenvalue weighted by Gasteiger charge is 2.26. The molecule has 1 atom stereocenters. The van der Waals surface area contributed by atoms with E-state index in [0.29, 0.717) is 40.3 Å². The molecule has 0 spiro atoms. The number of halogens is 1. The lowest BCUT2D eigenvalue weighted by atomic mass is 10.00. The normalized spacial score (nSPS) is 15.5. The van der Waals surface area contributed by atoms with Crippen LogP contribution in [-0.4, -0.2) is 27.6 Å². The first kappa shape index (κ1) is 24.0. The van der Waals surface area contributed by atoms with Gasteiger partial charge in [-0.15, -0.1) is 0 Å². The highest BCUT2D eigenvalue weighted by molar-refractivity contribution is 6.32. The number of aliphatic imine (C=N–C) groups is 1. The van der Waals surface area contributed by atoms with Crippen LogP contribution in [-0.2, 0) is 4.79 Å². The Hall–Kier alpha value is -3.64. The number of nitrogens with zero attached hydrogens (tertiary/aromatic N) is 1. The van der Waals surface area contributed by atoms with Crippen molar-refractivity contribution in [2.24, 2.45) is 4.99 Å². The van der Waals surface area contributed by atoms with Crippen LogP contribution in [0.5, 0.6) is 0 Å². The molecule has 1 aliphatic heterocycles. The summed E-state index contributed by atoms with van der Waals surface area (Å²) in [5, 5.41) is 3.51. The second-order valence-corrected chi connectivity index (χ2v) is 7.67. The Balaban J connectivity index is 0.00000149. The number of benzodiazepines with no additional fused rings is 1. The SMILES string of the molecule is C=C/C=C(\C=C)CCC1N=C(c2ccc3[nH]c(=O)[nH]c3c2)c2cc(Cl)ccc2NC1=O.CC. The fourth-order valence-corrected chi connectivity index (χ4v) is 3.81. The number of rotatable bonds is 6. The molecule has 0 fully saturated rings. The van der Waals surface area contributed by atoms with Gasteiger partial charge in [-0.05, 0) is 48.7 Å². The molecular formula is C26H27ClN4O2. The Labute approximate surface area is 197 Å². The Kier molecular flexibility index (Phi) is 7.85. The molecule has 0 aliphatic carbocycles. The van der Waals surface area contributed by atoms with Crippen LogP contribution in [0.25, 0.3) is 11.0 Å². The van der Waals surface area contributed by atoms with Crippen molar-refractivity contribution < 1.29 is 4.79 Å². The molecule has 7 heteroatoms. The highest BCUT2D eigenvalue weighted by Crippen LogP contribution is 2.29. The van der Waals surface area contributed by atoms with E-state index < -0.39 is 6.04 Å².